The van der Waals surface area contributed by atoms with Gasteiger partial charge in [-0.25, -0.2) is 0 Å². The summed E-state index contributed by atoms with van der Waals surface area (Å²) in [5, 5.41) is 3.28. The Hall–Kier alpha value is -0.540. The van der Waals surface area contributed by atoms with Crippen molar-refractivity contribution >= 4 is 15.9 Å². The van der Waals surface area contributed by atoms with Crippen molar-refractivity contribution in [2.75, 3.05) is 19.7 Å². The van der Waals surface area contributed by atoms with Crippen molar-refractivity contribution in [3.63, 3.8) is 0 Å². The Labute approximate surface area is 93.8 Å². The SMILES string of the molecule is CCCNCCOc1ccc(Br)cc1. The summed E-state index contributed by atoms with van der Waals surface area (Å²) in [6.45, 7) is 4.85. The van der Waals surface area contributed by atoms with Crippen molar-refractivity contribution in [1.29, 1.82) is 0 Å². The highest BCUT2D eigenvalue weighted by Crippen LogP contribution is 2.15. The van der Waals surface area contributed by atoms with Crippen LogP contribution in [0.5, 0.6) is 5.75 Å². The number of nitrogens with one attached hydrogen (secondary N) is 1. The first kappa shape index (κ1) is 11.5. The van der Waals surface area contributed by atoms with Gasteiger partial charge >= 0.3 is 0 Å². The fourth-order valence-corrected chi connectivity index (χ4v) is 1.34. The lowest BCUT2D eigenvalue weighted by Gasteiger charge is -2.06. The minimum atomic E-state index is 0.724. The number of benzene rings is 1. The zero-order valence-electron chi connectivity index (χ0n) is 8.42. The molecule has 0 aliphatic carbocycles. The molecule has 78 valence electrons. The van der Waals surface area contributed by atoms with Crippen LogP contribution in [-0.4, -0.2) is 19.7 Å². The van der Waals surface area contributed by atoms with E-state index >= 15 is 0 Å². The summed E-state index contributed by atoms with van der Waals surface area (Å²) in [5.41, 5.74) is 0. The van der Waals surface area contributed by atoms with Gasteiger partial charge < -0.3 is 10.1 Å². The minimum absolute atomic E-state index is 0.724. The van der Waals surface area contributed by atoms with Crippen LogP contribution in [0, 0.1) is 0 Å². The maximum atomic E-state index is 5.52. The smallest absolute Gasteiger partial charge is 0.119 e. The normalized spacial score (nSPS) is 10.1. The molecule has 0 spiro atoms. The zero-order valence-corrected chi connectivity index (χ0v) is 10.0. The van der Waals surface area contributed by atoms with Gasteiger partial charge in [-0.05, 0) is 37.2 Å². The number of rotatable bonds is 6. The standard InChI is InChI=1S/C11H16BrNO/c1-2-7-13-8-9-14-11-5-3-10(12)4-6-11/h3-6,13H,2,7-9H2,1H3. The van der Waals surface area contributed by atoms with E-state index in [-0.39, 0.29) is 0 Å². The van der Waals surface area contributed by atoms with Gasteiger partial charge in [0, 0.05) is 11.0 Å². The van der Waals surface area contributed by atoms with E-state index in [9.17, 15) is 0 Å². The van der Waals surface area contributed by atoms with Crippen LogP contribution in [0.1, 0.15) is 13.3 Å². The van der Waals surface area contributed by atoms with Crippen molar-refractivity contribution in [2.45, 2.75) is 13.3 Å². The van der Waals surface area contributed by atoms with Crippen molar-refractivity contribution in [1.82, 2.24) is 5.32 Å². The number of halogens is 1. The third kappa shape index (κ3) is 4.63. The second kappa shape index (κ2) is 6.85. The maximum Gasteiger partial charge on any atom is 0.119 e. The lowest BCUT2D eigenvalue weighted by Crippen LogP contribution is -2.21. The molecule has 1 rings (SSSR count). The van der Waals surface area contributed by atoms with Crippen LogP contribution in [0.2, 0.25) is 0 Å². The monoisotopic (exact) mass is 257 g/mol. The molecule has 0 bridgehead atoms. The molecule has 0 aliphatic heterocycles. The summed E-state index contributed by atoms with van der Waals surface area (Å²) in [6, 6.07) is 7.89. The average Bonchev–Trinajstić information content (AvgIpc) is 2.21. The highest BCUT2D eigenvalue weighted by atomic mass is 79.9. The molecule has 0 fully saturated rings. The van der Waals surface area contributed by atoms with Gasteiger partial charge in [0.1, 0.15) is 12.4 Å². The van der Waals surface area contributed by atoms with Gasteiger partial charge in [-0.2, -0.15) is 0 Å². The first-order chi connectivity index (χ1) is 6.83. The zero-order chi connectivity index (χ0) is 10.2. The van der Waals surface area contributed by atoms with Crippen LogP contribution in [0.3, 0.4) is 0 Å². The van der Waals surface area contributed by atoms with Gasteiger partial charge in [-0.3, -0.25) is 0 Å². The Bertz CT molecular complexity index is 248. The van der Waals surface area contributed by atoms with Crippen LogP contribution in [-0.2, 0) is 0 Å². The summed E-state index contributed by atoms with van der Waals surface area (Å²) in [5.74, 6) is 0.923. The average molecular weight is 258 g/mol. The highest BCUT2D eigenvalue weighted by Gasteiger charge is 1.92. The van der Waals surface area contributed by atoms with Gasteiger partial charge in [0.05, 0.1) is 0 Å². The minimum Gasteiger partial charge on any atom is -0.492 e. The molecule has 0 saturated heterocycles. The van der Waals surface area contributed by atoms with E-state index < -0.39 is 0 Å². The van der Waals surface area contributed by atoms with Gasteiger partial charge in [0.15, 0.2) is 0 Å². The van der Waals surface area contributed by atoms with Crippen molar-refractivity contribution in [3.05, 3.63) is 28.7 Å². The molecule has 0 aromatic heterocycles. The predicted molar refractivity (Wildman–Crippen MR) is 62.8 cm³/mol. The lowest BCUT2D eigenvalue weighted by molar-refractivity contribution is 0.314. The van der Waals surface area contributed by atoms with E-state index in [1.807, 2.05) is 24.3 Å². The topological polar surface area (TPSA) is 21.3 Å². The highest BCUT2D eigenvalue weighted by molar-refractivity contribution is 9.10. The van der Waals surface area contributed by atoms with Crippen LogP contribution in [0.4, 0.5) is 0 Å². The lowest BCUT2D eigenvalue weighted by atomic mass is 10.3. The molecule has 0 radical (unpaired) electrons. The molecule has 2 nitrogen and oxygen atoms in total. The first-order valence-corrected chi connectivity index (χ1v) is 5.71. The fourth-order valence-electron chi connectivity index (χ4n) is 1.07. The quantitative estimate of drug-likeness (QED) is 0.792. The fraction of sp³-hybridized carbons (Fsp3) is 0.455. The second-order valence-electron chi connectivity index (χ2n) is 3.05. The summed E-state index contributed by atoms with van der Waals surface area (Å²) >= 11 is 3.38. The van der Waals surface area contributed by atoms with Crippen molar-refractivity contribution in [3.8, 4) is 5.75 Å². The second-order valence-corrected chi connectivity index (χ2v) is 3.97. The summed E-state index contributed by atoms with van der Waals surface area (Å²) in [6.07, 6.45) is 1.16. The molecular weight excluding hydrogens is 242 g/mol. The predicted octanol–water partition coefficient (Wildman–Crippen LogP) is 2.83. The van der Waals surface area contributed by atoms with Crippen molar-refractivity contribution in [2.24, 2.45) is 0 Å². The van der Waals surface area contributed by atoms with Crippen molar-refractivity contribution < 1.29 is 4.74 Å². The largest absolute Gasteiger partial charge is 0.492 e. The van der Waals surface area contributed by atoms with Crippen LogP contribution < -0.4 is 10.1 Å². The molecule has 0 aliphatic rings. The Morgan fingerprint density at radius 2 is 1.93 bits per heavy atom. The molecule has 0 saturated carbocycles. The van der Waals surface area contributed by atoms with E-state index in [4.69, 9.17) is 4.74 Å². The Morgan fingerprint density at radius 1 is 1.21 bits per heavy atom. The van der Waals surface area contributed by atoms with Gasteiger partial charge in [0.25, 0.3) is 0 Å². The van der Waals surface area contributed by atoms with Gasteiger partial charge in [-0.1, -0.05) is 22.9 Å². The molecule has 1 aromatic carbocycles. The van der Waals surface area contributed by atoms with Gasteiger partial charge in [-0.15, -0.1) is 0 Å². The molecular formula is C11H16BrNO. The molecule has 0 heterocycles. The van der Waals surface area contributed by atoms with Crippen LogP contribution in [0.15, 0.2) is 28.7 Å². The molecule has 1 N–H and O–H groups in total. The molecule has 3 heteroatoms. The number of hydrogen-bond acceptors (Lipinski definition) is 2. The summed E-state index contributed by atoms with van der Waals surface area (Å²) < 4.78 is 6.60. The summed E-state index contributed by atoms with van der Waals surface area (Å²) in [7, 11) is 0. The van der Waals surface area contributed by atoms with Crippen LogP contribution >= 0.6 is 15.9 Å². The third-order valence-corrected chi connectivity index (χ3v) is 2.32. The number of ether oxygens (including phenoxy) is 1. The van der Waals surface area contributed by atoms with Gasteiger partial charge in [0.2, 0.25) is 0 Å². The maximum absolute atomic E-state index is 5.52. The van der Waals surface area contributed by atoms with Crippen LogP contribution in [0.25, 0.3) is 0 Å². The van der Waals surface area contributed by atoms with E-state index in [2.05, 4.69) is 28.2 Å². The molecule has 0 unspecified atom stereocenters. The Morgan fingerprint density at radius 3 is 2.57 bits per heavy atom. The number of hydrogen-bond donors (Lipinski definition) is 1. The molecule has 0 amide bonds. The summed E-state index contributed by atoms with van der Waals surface area (Å²) in [4.78, 5) is 0. The molecule has 0 atom stereocenters. The molecule has 1 aromatic rings. The van der Waals surface area contributed by atoms with E-state index in [1.165, 1.54) is 0 Å². The molecule has 14 heavy (non-hydrogen) atoms. The van der Waals surface area contributed by atoms with E-state index in [0.29, 0.717) is 0 Å². The Kier molecular flexibility index (Phi) is 5.64. The first-order valence-electron chi connectivity index (χ1n) is 4.92. The third-order valence-electron chi connectivity index (χ3n) is 1.79. The Balaban J connectivity index is 2.15. The van der Waals surface area contributed by atoms with E-state index in [1.54, 1.807) is 0 Å². The van der Waals surface area contributed by atoms with E-state index in [0.717, 1.165) is 36.3 Å².